The number of carboxylic acids is 1. The zero-order chi connectivity index (χ0) is 13.4. The second kappa shape index (κ2) is 4.57. The molecule has 0 bridgehead atoms. The minimum atomic E-state index is -0.882. The third-order valence-corrected chi connectivity index (χ3v) is 3.72. The summed E-state index contributed by atoms with van der Waals surface area (Å²) in [4.78, 5) is 22.7. The second-order valence-electron chi connectivity index (χ2n) is 5.02. The SMILES string of the molecule is O=C(N[C@@H]1CCOc2ccccc21)[C@H]1C[C@H]1C(=O)O. The molecule has 1 fully saturated rings. The highest BCUT2D eigenvalue weighted by Crippen LogP contribution is 2.40. The van der Waals surface area contributed by atoms with Crippen LogP contribution in [0.15, 0.2) is 24.3 Å². The summed E-state index contributed by atoms with van der Waals surface area (Å²) in [6.07, 6.45) is 1.17. The molecule has 0 saturated heterocycles. The van der Waals surface area contributed by atoms with E-state index in [9.17, 15) is 9.59 Å². The Hall–Kier alpha value is -2.04. The molecule has 3 rings (SSSR count). The zero-order valence-electron chi connectivity index (χ0n) is 10.3. The summed E-state index contributed by atoms with van der Waals surface area (Å²) in [6.45, 7) is 0.564. The fraction of sp³-hybridized carbons (Fsp3) is 0.429. The Kier molecular flexibility index (Phi) is 2.89. The molecule has 2 aliphatic rings. The van der Waals surface area contributed by atoms with Gasteiger partial charge in [0.15, 0.2) is 0 Å². The lowest BCUT2D eigenvalue weighted by atomic mass is 10.0. The molecule has 1 heterocycles. The second-order valence-corrected chi connectivity index (χ2v) is 5.02. The molecular formula is C14H15NO4. The third-order valence-electron chi connectivity index (χ3n) is 3.72. The summed E-state index contributed by atoms with van der Waals surface area (Å²) < 4.78 is 5.53. The van der Waals surface area contributed by atoms with E-state index in [-0.39, 0.29) is 17.9 Å². The zero-order valence-corrected chi connectivity index (χ0v) is 10.3. The first-order chi connectivity index (χ1) is 9.16. The summed E-state index contributed by atoms with van der Waals surface area (Å²) in [5, 5.41) is 11.8. The van der Waals surface area contributed by atoms with Crippen LogP contribution in [-0.4, -0.2) is 23.6 Å². The molecule has 100 valence electrons. The molecular weight excluding hydrogens is 246 g/mol. The maximum Gasteiger partial charge on any atom is 0.307 e. The smallest absolute Gasteiger partial charge is 0.307 e. The van der Waals surface area contributed by atoms with Gasteiger partial charge in [-0.2, -0.15) is 0 Å². The molecule has 1 amide bonds. The molecule has 1 aromatic rings. The van der Waals surface area contributed by atoms with Gasteiger partial charge >= 0.3 is 5.97 Å². The monoisotopic (exact) mass is 261 g/mol. The van der Waals surface area contributed by atoms with Crippen LogP contribution < -0.4 is 10.1 Å². The van der Waals surface area contributed by atoms with E-state index in [1.165, 1.54) is 0 Å². The van der Waals surface area contributed by atoms with Crippen LogP contribution in [0.1, 0.15) is 24.4 Å². The summed E-state index contributed by atoms with van der Waals surface area (Å²) in [7, 11) is 0. The minimum Gasteiger partial charge on any atom is -0.493 e. The number of rotatable bonds is 3. The van der Waals surface area contributed by atoms with Crippen molar-refractivity contribution >= 4 is 11.9 Å². The van der Waals surface area contributed by atoms with Crippen LogP contribution in [0.2, 0.25) is 0 Å². The van der Waals surface area contributed by atoms with Crippen molar-refractivity contribution in [2.24, 2.45) is 11.8 Å². The molecule has 1 aromatic carbocycles. The van der Waals surface area contributed by atoms with E-state index < -0.39 is 11.9 Å². The van der Waals surface area contributed by atoms with Crippen molar-refractivity contribution in [3.63, 3.8) is 0 Å². The Morgan fingerprint density at radius 3 is 2.79 bits per heavy atom. The van der Waals surface area contributed by atoms with Gasteiger partial charge in [-0.25, -0.2) is 0 Å². The number of amides is 1. The van der Waals surface area contributed by atoms with E-state index in [4.69, 9.17) is 9.84 Å². The molecule has 5 heteroatoms. The lowest BCUT2D eigenvalue weighted by Gasteiger charge is -2.26. The van der Waals surface area contributed by atoms with Gasteiger partial charge in [-0.15, -0.1) is 0 Å². The van der Waals surface area contributed by atoms with Gasteiger partial charge in [0, 0.05) is 12.0 Å². The average Bonchev–Trinajstić information content (AvgIpc) is 3.19. The van der Waals surface area contributed by atoms with Gasteiger partial charge in [-0.1, -0.05) is 18.2 Å². The standard InChI is InChI=1S/C14H15NO4/c16-13(9-7-10(9)14(17)18)15-11-5-6-19-12-4-2-1-3-8(11)12/h1-4,9-11H,5-7H2,(H,15,16)(H,17,18)/t9-,10+,11+/m0/s1. The van der Waals surface area contributed by atoms with Crippen LogP contribution in [0.4, 0.5) is 0 Å². The molecule has 0 radical (unpaired) electrons. The predicted molar refractivity (Wildman–Crippen MR) is 66.7 cm³/mol. The Balaban J connectivity index is 1.68. The van der Waals surface area contributed by atoms with Gasteiger partial charge in [0.05, 0.1) is 24.5 Å². The topological polar surface area (TPSA) is 75.6 Å². The Morgan fingerprint density at radius 1 is 1.26 bits per heavy atom. The summed E-state index contributed by atoms with van der Waals surface area (Å²) in [5.74, 6) is -1.12. The highest BCUT2D eigenvalue weighted by atomic mass is 16.5. The molecule has 1 aliphatic carbocycles. The molecule has 1 aliphatic heterocycles. The van der Waals surface area contributed by atoms with E-state index >= 15 is 0 Å². The van der Waals surface area contributed by atoms with Gasteiger partial charge in [0.1, 0.15) is 5.75 Å². The van der Waals surface area contributed by atoms with E-state index in [1.807, 2.05) is 24.3 Å². The van der Waals surface area contributed by atoms with E-state index in [2.05, 4.69) is 5.32 Å². The lowest BCUT2D eigenvalue weighted by Crippen LogP contribution is -2.33. The van der Waals surface area contributed by atoms with Crippen molar-refractivity contribution in [3.05, 3.63) is 29.8 Å². The molecule has 19 heavy (non-hydrogen) atoms. The van der Waals surface area contributed by atoms with E-state index in [0.717, 1.165) is 11.3 Å². The van der Waals surface area contributed by atoms with E-state index in [1.54, 1.807) is 0 Å². The van der Waals surface area contributed by atoms with Crippen molar-refractivity contribution in [2.75, 3.05) is 6.61 Å². The number of benzene rings is 1. The van der Waals surface area contributed by atoms with Gasteiger partial charge in [0.2, 0.25) is 5.91 Å². The van der Waals surface area contributed by atoms with Crippen LogP contribution in [-0.2, 0) is 9.59 Å². The predicted octanol–water partition coefficient (Wildman–Crippen LogP) is 1.35. The number of aliphatic carboxylic acids is 1. The number of ether oxygens (including phenoxy) is 1. The van der Waals surface area contributed by atoms with Gasteiger partial charge in [-0.05, 0) is 12.5 Å². The molecule has 0 aromatic heterocycles. The number of para-hydroxylation sites is 1. The van der Waals surface area contributed by atoms with E-state index in [0.29, 0.717) is 19.4 Å². The van der Waals surface area contributed by atoms with Crippen LogP contribution >= 0.6 is 0 Å². The highest BCUT2D eigenvalue weighted by Gasteiger charge is 2.48. The summed E-state index contributed by atoms with van der Waals surface area (Å²) >= 11 is 0. The van der Waals surface area contributed by atoms with Gasteiger partial charge in [0.25, 0.3) is 0 Å². The quantitative estimate of drug-likeness (QED) is 0.861. The van der Waals surface area contributed by atoms with Crippen LogP contribution in [0.25, 0.3) is 0 Å². The van der Waals surface area contributed by atoms with Gasteiger partial charge in [-0.3, -0.25) is 9.59 Å². The largest absolute Gasteiger partial charge is 0.493 e. The Labute approximate surface area is 110 Å². The number of carbonyl (C=O) groups excluding carboxylic acids is 1. The molecule has 0 spiro atoms. The lowest BCUT2D eigenvalue weighted by molar-refractivity contribution is -0.140. The molecule has 1 saturated carbocycles. The number of carboxylic acid groups (broad SMARTS) is 1. The highest BCUT2D eigenvalue weighted by molar-refractivity contribution is 5.89. The fourth-order valence-corrected chi connectivity index (χ4v) is 2.53. The van der Waals surface area contributed by atoms with Crippen molar-refractivity contribution in [2.45, 2.75) is 18.9 Å². The summed E-state index contributed by atoms with van der Waals surface area (Å²) in [5.41, 5.74) is 0.967. The Morgan fingerprint density at radius 2 is 2.05 bits per heavy atom. The first-order valence-corrected chi connectivity index (χ1v) is 6.41. The van der Waals surface area contributed by atoms with Crippen molar-refractivity contribution in [1.29, 1.82) is 0 Å². The number of carbonyl (C=O) groups is 2. The Bertz CT molecular complexity index is 528. The van der Waals surface area contributed by atoms with Crippen LogP contribution in [0, 0.1) is 11.8 Å². The fourth-order valence-electron chi connectivity index (χ4n) is 2.53. The number of hydrogen-bond donors (Lipinski definition) is 2. The first kappa shape index (κ1) is 12.0. The molecule has 3 atom stereocenters. The third kappa shape index (κ3) is 2.28. The van der Waals surface area contributed by atoms with Crippen LogP contribution in [0.5, 0.6) is 5.75 Å². The van der Waals surface area contributed by atoms with Crippen molar-refractivity contribution in [1.82, 2.24) is 5.32 Å². The minimum absolute atomic E-state index is 0.0764. The molecule has 2 N–H and O–H groups in total. The first-order valence-electron chi connectivity index (χ1n) is 6.41. The van der Waals surface area contributed by atoms with Crippen molar-refractivity contribution in [3.8, 4) is 5.75 Å². The van der Waals surface area contributed by atoms with Crippen molar-refractivity contribution < 1.29 is 19.4 Å². The normalized spacial score (nSPS) is 27.9. The number of nitrogens with one attached hydrogen (secondary N) is 1. The maximum absolute atomic E-state index is 12.0. The molecule has 0 unspecified atom stereocenters. The van der Waals surface area contributed by atoms with Crippen LogP contribution in [0.3, 0.4) is 0 Å². The number of hydrogen-bond acceptors (Lipinski definition) is 3. The maximum atomic E-state index is 12.0. The average molecular weight is 261 g/mol. The summed E-state index contributed by atoms with van der Waals surface area (Å²) in [6, 6.07) is 7.53. The number of fused-ring (bicyclic) bond motifs is 1. The van der Waals surface area contributed by atoms with Gasteiger partial charge < -0.3 is 15.2 Å². The molecule has 5 nitrogen and oxygen atoms in total.